The van der Waals surface area contributed by atoms with Gasteiger partial charge in [-0.05, 0) is 51.4 Å². The van der Waals surface area contributed by atoms with Crippen molar-refractivity contribution in [2.75, 3.05) is 19.8 Å². The van der Waals surface area contributed by atoms with E-state index in [1.165, 1.54) is 12.8 Å². The molecule has 96 valence electrons. The average molecular weight is 227 g/mol. The highest BCUT2D eigenvalue weighted by Crippen LogP contribution is 2.29. The summed E-state index contributed by atoms with van der Waals surface area (Å²) >= 11 is 0. The van der Waals surface area contributed by atoms with Gasteiger partial charge in [-0.15, -0.1) is 0 Å². The van der Waals surface area contributed by atoms with Crippen LogP contribution >= 0.6 is 0 Å². The van der Waals surface area contributed by atoms with E-state index >= 15 is 0 Å². The zero-order valence-electron chi connectivity index (χ0n) is 11.7. The van der Waals surface area contributed by atoms with Gasteiger partial charge in [-0.25, -0.2) is 0 Å². The van der Waals surface area contributed by atoms with Gasteiger partial charge in [0.05, 0.1) is 6.61 Å². The lowest BCUT2D eigenvalue weighted by Gasteiger charge is -2.27. The Hall–Kier alpha value is -0.0800. The molecule has 0 aliphatic heterocycles. The molecule has 0 aromatic heterocycles. The number of nitrogens with one attached hydrogen (secondary N) is 1. The number of hydrogen-bond donors (Lipinski definition) is 1. The van der Waals surface area contributed by atoms with Crippen molar-refractivity contribution in [1.29, 1.82) is 0 Å². The fraction of sp³-hybridized carbons (Fsp3) is 1.00. The molecule has 1 aliphatic carbocycles. The van der Waals surface area contributed by atoms with E-state index < -0.39 is 0 Å². The molecule has 0 radical (unpaired) electrons. The van der Waals surface area contributed by atoms with E-state index in [4.69, 9.17) is 4.74 Å². The van der Waals surface area contributed by atoms with E-state index in [-0.39, 0.29) is 5.54 Å². The maximum atomic E-state index is 5.81. The SMILES string of the molecule is CC(C)C(CNC(C)(C)C)COCC1CC1. The van der Waals surface area contributed by atoms with Crippen LogP contribution in [0.15, 0.2) is 0 Å². The van der Waals surface area contributed by atoms with E-state index in [0.717, 1.165) is 25.7 Å². The number of hydrogen-bond acceptors (Lipinski definition) is 2. The molecule has 0 saturated heterocycles. The van der Waals surface area contributed by atoms with Crippen LogP contribution in [0.25, 0.3) is 0 Å². The Morgan fingerprint density at radius 2 is 1.88 bits per heavy atom. The van der Waals surface area contributed by atoms with Gasteiger partial charge in [0.25, 0.3) is 0 Å². The Balaban J connectivity index is 2.17. The van der Waals surface area contributed by atoms with Crippen molar-refractivity contribution < 1.29 is 4.74 Å². The third kappa shape index (κ3) is 6.49. The first-order chi connectivity index (χ1) is 7.38. The van der Waals surface area contributed by atoms with E-state index in [1.54, 1.807) is 0 Å². The first-order valence-corrected chi connectivity index (χ1v) is 6.71. The Bertz CT molecular complexity index is 191. The summed E-state index contributed by atoms with van der Waals surface area (Å²) < 4.78 is 5.81. The van der Waals surface area contributed by atoms with Crippen LogP contribution in [0.2, 0.25) is 0 Å². The minimum Gasteiger partial charge on any atom is -0.381 e. The van der Waals surface area contributed by atoms with Crippen molar-refractivity contribution >= 4 is 0 Å². The summed E-state index contributed by atoms with van der Waals surface area (Å²) in [5, 5.41) is 3.58. The Kier molecular flexibility index (Phi) is 5.26. The normalized spacial score (nSPS) is 19.1. The second-order valence-electron chi connectivity index (χ2n) is 6.62. The van der Waals surface area contributed by atoms with Crippen LogP contribution in [0.4, 0.5) is 0 Å². The quantitative estimate of drug-likeness (QED) is 0.721. The first-order valence-electron chi connectivity index (χ1n) is 6.71. The minimum absolute atomic E-state index is 0.212. The second-order valence-corrected chi connectivity index (χ2v) is 6.62. The monoisotopic (exact) mass is 227 g/mol. The first kappa shape index (κ1) is 14.0. The van der Waals surface area contributed by atoms with Gasteiger partial charge in [0.1, 0.15) is 0 Å². The molecule has 1 unspecified atom stereocenters. The van der Waals surface area contributed by atoms with Crippen LogP contribution in [0.5, 0.6) is 0 Å². The van der Waals surface area contributed by atoms with Crippen LogP contribution < -0.4 is 5.32 Å². The molecule has 0 spiro atoms. The van der Waals surface area contributed by atoms with Crippen LogP contribution in [-0.4, -0.2) is 25.3 Å². The van der Waals surface area contributed by atoms with Gasteiger partial charge < -0.3 is 10.1 Å². The molecule has 0 amide bonds. The number of ether oxygens (including phenoxy) is 1. The van der Waals surface area contributed by atoms with Gasteiger partial charge in [-0.1, -0.05) is 13.8 Å². The largest absolute Gasteiger partial charge is 0.381 e. The van der Waals surface area contributed by atoms with Crippen molar-refractivity contribution in [3.63, 3.8) is 0 Å². The molecule has 16 heavy (non-hydrogen) atoms. The van der Waals surface area contributed by atoms with Crippen molar-refractivity contribution in [2.45, 2.75) is 53.0 Å². The van der Waals surface area contributed by atoms with Gasteiger partial charge in [0, 0.05) is 18.7 Å². The summed E-state index contributed by atoms with van der Waals surface area (Å²) in [4.78, 5) is 0. The summed E-state index contributed by atoms with van der Waals surface area (Å²) in [7, 11) is 0. The lowest BCUT2D eigenvalue weighted by molar-refractivity contribution is 0.0730. The molecule has 1 atom stereocenters. The lowest BCUT2D eigenvalue weighted by atomic mass is 9.95. The maximum Gasteiger partial charge on any atom is 0.0509 e. The molecular formula is C14H29NO. The Morgan fingerprint density at radius 3 is 2.31 bits per heavy atom. The van der Waals surface area contributed by atoms with Gasteiger partial charge >= 0.3 is 0 Å². The molecule has 1 N–H and O–H groups in total. The standard InChI is InChI=1S/C14H29NO/c1-11(2)13(8-15-14(3,4)5)10-16-9-12-6-7-12/h11-13,15H,6-10H2,1-5H3. The molecule has 1 rings (SSSR count). The molecule has 2 heteroatoms. The van der Waals surface area contributed by atoms with Crippen molar-refractivity contribution in [3.05, 3.63) is 0 Å². The molecule has 0 aromatic rings. The zero-order chi connectivity index (χ0) is 12.2. The Morgan fingerprint density at radius 1 is 1.25 bits per heavy atom. The van der Waals surface area contributed by atoms with Crippen LogP contribution in [0.1, 0.15) is 47.5 Å². The fourth-order valence-corrected chi connectivity index (χ4v) is 1.59. The highest BCUT2D eigenvalue weighted by atomic mass is 16.5. The molecule has 1 saturated carbocycles. The fourth-order valence-electron chi connectivity index (χ4n) is 1.59. The summed E-state index contributed by atoms with van der Waals surface area (Å²) in [5.74, 6) is 2.20. The van der Waals surface area contributed by atoms with E-state index in [1.807, 2.05) is 0 Å². The lowest BCUT2D eigenvalue weighted by Crippen LogP contribution is -2.41. The average Bonchev–Trinajstić information content (AvgIpc) is 2.92. The van der Waals surface area contributed by atoms with Gasteiger partial charge in [0.15, 0.2) is 0 Å². The van der Waals surface area contributed by atoms with E-state index in [0.29, 0.717) is 11.8 Å². The molecule has 1 fully saturated rings. The predicted molar refractivity (Wildman–Crippen MR) is 69.6 cm³/mol. The van der Waals surface area contributed by atoms with Gasteiger partial charge in [-0.3, -0.25) is 0 Å². The van der Waals surface area contributed by atoms with E-state index in [2.05, 4.69) is 39.9 Å². The summed E-state index contributed by atoms with van der Waals surface area (Å²) in [5.41, 5.74) is 0.212. The summed E-state index contributed by atoms with van der Waals surface area (Å²) in [6.45, 7) is 14.2. The molecule has 0 aromatic carbocycles. The number of rotatable bonds is 7. The van der Waals surface area contributed by atoms with Crippen molar-refractivity contribution in [3.8, 4) is 0 Å². The highest BCUT2D eigenvalue weighted by Gasteiger charge is 2.23. The molecule has 0 bridgehead atoms. The van der Waals surface area contributed by atoms with Gasteiger partial charge in [-0.2, -0.15) is 0 Å². The maximum absolute atomic E-state index is 5.81. The predicted octanol–water partition coefficient (Wildman–Crippen LogP) is 3.07. The minimum atomic E-state index is 0.212. The highest BCUT2D eigenvalue weighted by molar-refractivity contribution is 4.76. The summed E-state index contributed by atoms with van der Waals surface area (Å²) in [6, 6.07) is 0. The van der Waals surface area contributed by atoms with Crippen LogP contribution in [-0.2, 0) is 4.74 Å². The molecule has 2 nitrogen and oxygen atoms in total. The second kappa shape index (κ2) is 6.02. The Labute approximate surface area is 101 Å². The summed E-state index contributed by atoms with van der Waals surface area (Å²) in [6.07, 6.45) is 2.76. The van der Waals surface area contributed by atoms with Crippen molar-refractivity contribution in [1.82, 2.24) is 5.32 Å². The zero-order valence-corrected chi connectivity index (χ0v) is 11.7. The van der Waals surface area contributed by atoms with Crippen LogP contribution in [0.3, 0.4) is 0 Å². The third-order valence-electron chi connectivity index (χ3n) is 3.22. The van der Waals surface area contributed by atoms with E-state index in [9.17, 15) is 0 Å². The topological polar surface area (TPSA) is 21.3 Å². The van der Waals surface area contributed by atoms with Crippen LogP contribution in [0, 0.1) is 17.8 Å². The smallest absolute Gasteiger partial charge is 0.0509 e. The molecular weight excluding hydrogens is 198 g/mol. The van der Waals surface area contributed by atoms with Crippen molar-refractivity contribution in [2.24, 2.45) is 17.8 Å². The van der Waals surface area contributed by atoms with Gasteiger partial charge in [0.2, 0.25) is 0 Å². The third-order valence-corrected chi connectivity index (χ3v) is 3.22. The molecule has 0 heterocycles. The molecule has 1 aliphatic rings.